The van der Waals surface area contributed by atoms with Crippen LogP contribution >= 0.6 is 12.4 Å². The van der Waals surface area contributed by atoms with Crippen LogP contribution in [0.4, 0.5) is 5.69 Å². The van der Waals surface area contributed by atoms with Crippen LogP contribution in [-0.4, -0.2) is 56.2 Å². The van der Waals surface area contributed by atoms with Gasteiger partial charge in [-0.25, -0.2) is 4.79 Å². The number of nitrogens with one attached hydrogen (secondary N) is 1. The highest BCUT2D eigenvalue weighted by molar-refractivity contribution is 5.94. The molecular weight excluding hydrogens is 332 g/mol. The van der Waals surface area contributed by atoms with E-state index >= 15 is 0 Å². The number of nitrogens with zero attached hydrogens (tertiary/aromatic N) is 1. The van der Waals surface area contributed by atoms with Gasteiger partial charge in [-0.05, 0) is 30.2 Å². The minimum absolute atomic E-state index is 0. The molecule has 1 heterocycles. The molecule has 1 aromatic carbocycles. The number of benzene rings is 1. The van der Waals surface area contributed by atoms with Crippen molar-refractivity contribution < 1.29 is 19.1 Å². The maximum absolute atomic E-state index is 12.0. The lowest BCUT2D eigenvalue weighted by atomic mass is 10.2. The fourth-order valence-electron chi connectivity index (χ4n) is 2.18. The molecule has 1 aliphatic heterocycles. The summed E-state index contributed by atoms with van der Waals surface area (Å²) in [5, 5.41) is 2.83. The van der Waals surface area contributed by atoms with E-state index in [0.717, 1.165) is 13.1 Å². The average molecular weight is 357 g/mol. The molecule has 0 atom stereocenters. The molecule has 6 nitrogen and oxygen atoms in total. The third-order valence-electron chi connectivity index (χ3n) is 3.42. The molecule has 1 aliphatic rings. The molecule has 2 rings (SSSR count). The summed E-state index contributed by atoms with van der Waals surface area (Å²) in [7, 11) is 0. The van der Waals surface area contributed by atoms with Crippen molar-refractivity contribution in [1.29, 1.82) is 0 Å². The average Bonchev–Trinajstić information content (AvgIpc) is 2.54. The highest BCUT2D eigenvalue weighted by Crippen LogP contribution is 2.11. The fraction of sp³-hybridized carbons (Fsp3) is 0.529. The number of morpholine rings is 1. The SMILES string of the molecule is CC(C)COC(=O)c1ccc(NC(=O)CN2CCOCC2)cc1.Cl. The van der Waals surface area contributed by atoms with Crippen LogP contribution in [0.3, 0.4) is 0 Å². The van der Waals surface area contributed by atoms with E-state index in [4.69, 9.17) is 9.47 Å². The van der Waals surface area contributed by atoms with Crippen molar-refractivity contribution in [2.45, 2.75) is 13.8 Å². The first-order chi connectivity index (χ1) is 11.0. The Kier molecular flexibility index (Phi) is 8.74. The van der Waals surface area contributed by atoms with E-state index in [-0.39, 0.29) is 24.3 Å². The first-order valence-corrected chi connectivity index (χ1v) is 7.91. The van der Waals surface area contributed by atoms with Gasteiger partial charge in [0.1, 0.15) is 0 Å². The summed E-state index contributed by atoms with van der Waals surface area (Å²) in [4.78, 5) is 25.9. The Morgan fingerprint density at radius 2 is 1.83 bits per heavy atom. The molecule has 0 aromatic heterocycles. The largest absolute Gasteiger partial charge is 0.462 e. The van der Waals surface area contributed by atoms with Crippen LogP contribution in [0.2, 0.25) is 0 Å². The quantitative estimate of drug-likeness (QED) is 0.791. The summed E-state index contributed by atoms with van der Waals surface area (Å²) < 4.78 is 10.4. The number of carbonyl (C=O) groups excluding carboxylic acids is 2. The first-order valence-electron chi connectivity index (χ1n) is 7.91. The van der Waals surface area contributed by atoms with Crippen molar-refractivity contribution >= 4 is 30.0 Å². The van der Waals surface area contributed by atoms with Gasteiger partial charge < -0.3 is 14.8 Å². The highest BCUT2D eigenvalue weighted by Gasteiger charge is 2.14. The van der Waals surface area contributed by atoms with Crippen LogP contribution in [0.1, 0.15) is 24.2 Å². The van der Waals surface area contributed by atoms with Gasteiger partial charge in [-0.3, -0.25) is 9.69 Å². The standard InChI is InChI=1S/C17H24N2O4.ClH/c1-13(2)12-23-17(21)14-3-5-15(6-4-14)18-16(20)11-19-7-9-22-10-8-19;/h3-6,13H,7-12H2,1-2H3,(H,18,20);1H. The van der Waals surface area contributed by atoms with Crippen LogP contribution in [-0.2, 0) is 14.3 Å². The third kappa shape index (κ3) is 6.86. The second-order valence-corrected chi connectivity index (χ2v) is 6.01. The second kappa shape index (κ2) is 10.3. The summed E-state index contributed by atoms with van der Waals surface area (Å²) >= 11 is 0. The Bertz CT molecular complexity index is 528. The molecule has 7 heteroatoms. The van der Waals surface area contributed by atoms with Gasteiger partial charge in [-0.15, -0.1) is 12.4 Å². The van der Waals surface area contributed by atoms with Crippen LogP contribution < -0.4 is 5.32 Å². The van der Waals surface area contributed by atoms with Crippen LogP contribution in [0.15, 0.2) is 24.3 Å². The van der Waals surface area contributed by atoms with Crippen LogP contribution in [0.25, 0.3) is 0 Å². The Balaban J connectivity index is 0.00000288. The van der Waals surface area contributed by atoms with Crippen molar-refractivity contribution in [1.82, 2.24) is 4.90 Å². The molecule has 1 amide bonds. The monoisotopic (exact) mass is 356 g/mol. The Morgan fingerprint density at radius 1 is 1.21 bits per heavy atom. The smallest absolute Gasteiger partial charge is 0.338 e. The topological polar surface area (TPSA) is 67.9 Å². The summed E-state index contributed by atoms with van der Waals surface area (Å²) in [6.07, 6.45) is 0. The molecule has 1 fully saturated rings. The number of halogens is 1. The Hall–Kier alpha value is -1.63. The summed E-state index contributed by atoms with van der Waals surface area (Å²) in [5.41, 5.74) is 1.15. The lowest BCUT2D eigenvalue weighted by Crippen LogP contribution is -2.41. The van der Waals surface area contributed by atoms with Gasteiger partial charge in [0.05, 0.1) is 31.9 Å². The van der Waals surface area contributed by atoms with Gasteiger partial charge in [0, 0.05) is 18.8 Å². The molecule has 0 unspecified atom stereocenters. The number of hydrogen-bond donors (Lipinski definition) is 1. The number of carbonyl (C=O) groups is 2. The highest BCUT2D eigenvalue weighted by atomic mass is 35.5. The van der Waals surface area contributed by atoms with E-state index in [1.54, 1.807) is 24.3 Å². The first kappa shape index (κ1) is 20.4. The summed E-state index contributed by atoms with van der Waals surface area (Å²) in [6, 6.07) is 6.74. The van der Waals surface area contributed by atoms with Gasteiger partial charge in [0.25, 0.3) is 0 Å². The van der Waals surface area contributed by atoms with E-state index in [0.29, 0.717) is 43.5 Å². The summed E-state index contributed by atoms with van der Waals surface area (Å²) in [5.74, 6) is -0.107. The van der Waals surface area contributed by atoms with Gasteiger partial charge in [-0.1, -0.05) is 13.8 Å². The summed E-state index contributed by atoms with van der Waals surface area (Å²) in [6.45, 7) is 7.60. The number of amides is 1. The van der Waals surface area contributed by atoms with E-state index in [2.05, 4.69) is 10.2 Å². The molecule has 1 N–H and O–H groups in total. The van der Waals surface area contributed by atoms with Gasteiger partial charge in [-0.2, -0.15) is 0 Å². The van der Waals surface area contributed by atoms with Gasteiger partial charge in [0.15, 0.2) is 0 Å². The van der Waals surface area contributed by atoms with Crippen molar-refractivity contribution in [3.05, 3.63) is 29.8 Å². The predicted octanol–water partition coefficient (Wildman–Crippen LogP) is 2.19. The minimum Gasteiger partial charge on any atom is -0.462 e. The molecule has 1 saturated heterocycles. The van der Waals surface area contributed by atoms with E-state index in [1.807, 2.05) is 13.8 Å². The molecule has 24 heavy (non-hydrogen) atoms. The van der Waals surface area contributed by atoms with Crippen molar-refractivity contribution in [2.75, 3.05) is 44.8 Å². The zero-order valence-corrected chi connectivity index (χ0v) is 14.9. The molecule has 0 bridgehead atoms. The second-order valence-electron chi connectivity index (χ2n) is 6.01. The van der Waals surface area contributed by atoms with Crippen molar-refractivity contribution in [3.63, 3.8) is 0 Å². The lowest BCUT2D eigenvalue weighted by molar-refractivity contribution is -0.118. The Labute approximate surface area is 148 Å². The number of hydrogen-bond acceptors (Lipinski definition) is 5. The number of anilines is 1. The number of rotatable bonds is 6. The molecule has 0 saturated carbocycles. The molecule has 1 aromatic rings. The lowest BCUT2D eigenvalue weighted by Gasteiger charge is -2.25. The van der Waals surface area contributed by atoms with Gasteiger partial charge in [0.2, 0.25) is 5.91 Å². The zero-order valence-electron chi connectivity index (χ0n) is 14.1. The number of esters is 1. The van der Waals surface area contributed by atoms with Crippen molar-refractivity contribution in [2.24, 2.45) is 5.92 Å². The molecule has 0 radical (unpaired) electrons. The molecule has 0 aliphatic carbocycles. The van der Waals surface area contributed by atoms with E-state index in [1.165, 1.54) is 0 Å². The Morgan fingerprint density at radius 3 is 2.42 bits per heavy atom. The number of ether oxygens (including phenoxy) is 2. The minimum atomic E-state index is -0.343. The van der Waals surface area contributed by atoms with E-state index in [9.17, 15) is 9.59 Å². The maximum Gasteiger partial charge on any atom is 0.338 e. The van der Waals surface area contributed by atoms with E-state index < -0.39 is 0 Å². The third-order valence-corrected chi connectivity index (χ3v) is 3.42. The molecule has 134 valence electrons. The molecular formula is C17H25ClN2O4. The fourth-order valence-corrected chi connectivity index (χ4v) is 2.18. The van der Waals surface area contributed by atoms with Crippen LogP contribution in [0.5, 0.6) is 0 Å². The zero-order chi connectivity index (χ0) is 16.7. The predicted molar refractivity (Wildman–Crippen MR) is 94.7 cm³/mol. The maximum atomic E-state index is 12.0. The van der Waals surface area contributed by atoms with Gasteiger partial charge >= 0.3 is 5.97 Å². The van der Waals surface area contributed by atoms with Crippen LogP contribution in [0, 0.1) is 5.92 Å². The van der Waals surface area contributed by atoms with Crippen molar-refractivity contribution in [3.8, 4) is 0 Å². The molecule has 0 spiro atoms. The normalized spacial score (nSPS) is 14.8.